The molecule has 4 heteroatoms. The van der Waals surface area contributed by atoms with E-state index in [2.05, 4.69) is 4.98 Å². The molecule has 0 aliphatic rings. The average molecular weight is 226 g/mol. The minimum atomic E-state index is -0.440. The van der Waals surface area contributed by atoms with Crippen molar-refractivity contribution in [3.8, 4) is 11.5 Å². The largest absolute Gasteiger partial charge is 0.441 e. The second-order valence-corrected chi connectivity index (χ2v) is 3.52. The summed E-state index contributed by atoms with van der Waals surface area (Å²) >= 11 is 5.83. The summed E-state index contributed by atoms with van der Waals surface area (Å²) in [6.45, 7) is -0.440. The van der Waals surface area contributed by atoms with E-state index < -0.39 is 6.67 Å². The van der Waals surface area contributed by atoms with Gasteiger partial charge in [-0.3, -0.25) is 4.39 Å². The lowest BCUT2D eigenvalue weighted by Gasteiger charge is -1.95. The predicted molar refractivity (Wildman–Crippen MR) is 56.6 cm³/mol. The Labute approximate surface area is 91.7 Å². The summed E-state index contributed by atoms with van der Waals surface area (Å²) in [4.78, 5) is 4.05. The molecule has 0 aliphatic heterocycles. The molecule has 2 aromatic rings. The monoisotopic (exact) mass is 225 g/mol. The van der Waals surface area contributed by atoms with Crippen LogP contribution in [0.3, 0.4) is 0 Å². The quantitative estimate of drug-likeness (QED) is 0.799. The van der Waals surface area contributed by atoms with Crippen LogP contribution in [0.4, 0.5) is 4.39 Å². The van der Waals surface area contributed by atoms with Crippen molar-refractivity contribution in [2.45, 2.75) is 6.42 Å². The van der Waals surface area contributed by atoms with Crippen molar-refractivity contribution in [3.05, 3.63) is 41.2 Å². The second-order valence-electron chi connectivity index (χ2n) is 3.08. The van der Waals surface area contributed by atoms with Crippen molar-refractivity contribution < 1.29 is 8.81 Å². The van der Waals surface area contributed by atoms with Crippen LogP contribution < -0.4 is 0 Å². The molecular formula is C11H9ClFNO. The molecule has 78 valence electrons. The number of rotatable bonds is 3. The molecule has 0 fully saturated rings. The fraction of sp³-hybridized carbons (Fsp3) is 0.182. The van der Waals surface area contributed by atoms with Gasteiger partial charge in [0.05, 0.1) is 12.9 Å². The molecule has 0 saturated heterocycles. The first-order valence-corrected chi connectivity index (χ1v) is 4.94. The molecule has 0 amide bonds. The molecule has 0 unspecified atom stereocenters. The second kappa shape index (κ2) is 4.45. The van der Waals surface area contributed by atoms with Crippen LogP contribution in [0.25, 0.3) is 11.5 Å². The van der Waals surface area contributed by atoms with Gasteiger partial charge in [-0.25, -0.2) is 4.98 Å². The lowest BCUT2D eigenvalue weighted by molar-refractivity contribution is 0.443. The molecule has 0 aliphatic carbocycles. The van der Waals surface area contributed by atoms with E-state index in [0.717, 1.165) is 5.56 Å². The molecule has 1 aromatic heterocycles. The van der Waals surface area contributed by atoms with Crippen molar-refractivity contribution in [2.24, 2.45) is 0 Å². The van der Waals surface area contributed by atoms with Gasteiger partial charge in [0, 0.05) is 17.0 Å². The van der Waals surface area contributed by atoms with Crippen LogP contribution >= 0.6 is 11.6 Å². The lowest BCUT2D eigenvalue weighted by atomic mass is 10.2. The summed E-state index contributed by atoms with van der Waals surface area (Å²) in [5.74, 6) is 1.02. The Morgan fingerprint density at radius 3 is 3.00 bits per heavy atom. The molecule has 0 bridgehead atoms. The SMILES string of the molecule is FCCc1cnc(-c2cccc(Cl)c2)o1. The maximum Gasteiger partial charge on any atom is 0.226 e. The van der Waals surface area contributed by atoms with Crippen LogP contribution in [0.15, 0.2) is 34.9 Å². The van der Waals surface area contributed by atoms with Crippen molar-refractivity contribution in [1.82, 2.24) is 4.98 Å². The average Bonchev–Trinajstić information content (AvgIpc) is 2.67. The number of alkyl halides is 1. The molecule has 2 rings (SSSR count). The van der Waals surface area contributed by atoms with Crippen molar-refractivity contribution in [1.29, 1.82) is 0 Å². The Bertz CT molecular complexity index is 455. The van der Waals surface area contributed by atoms with Crippen LogP contribution in [0.2, 0.25) is 5.02 Å². The zero-order valence-electron chi connectivity index (χ0n) is 7.91. The summed E-state index contributed by atoms with van der Waals surface area (Å²) in [6, 6.07) is 7.19. The normalized spacial score (nSPS) is 10.5. The Morgan fingerprint density at radius 1 is 1.40 bits per heavy atom. The van der Waals surface area contributed by atoms with E-state index in [1.165, 1.54) is 6.20 Å². The molecule has 1 heterocycles. The Morgan fingerprint density at radius 2 is 2.27 bits per heavy atom. The molecule has 2 nitrogen and oxygen atoms in total. The summed E-state index contributed by atoms with van der Waals surface area (Å²) in [5.41, 5.74) is 0.799. The molecule has 0 atom stereocenters. The number of aromatic nitrogens is 1. The third kappa shape index (κ3) is 2.36. The maximum atomic E-state index is 12.0. The highest BCUT2D eigenvalue weighted by Gasteiger charge is 2.06. The van der Waals surface area contributed by atoms with Crippen LogP contribution in [-0.4, -0.2) is 11.7 Å². The highest BCUT2D eigenvalue weighted by atomic mass is 35.5. The Hall–Kier alpha value is -1.35. The van der Waals surface area contributed by atoms with Crippen molar-refractivity contribution in [2.75, 3.05) is 6.67 Å². The van der Waals surface area contributed by atoms with Gasteiger partial charge in [-0.1, -0.05) is 17.7 Å². The van der Waals surface area contributed by atoms with Gasteiger partial charge in [-0.2, -0.15) is 0 Å². The van der Waals surface area contributed by atoms with E-state index in [4.69, 9.17) is 16.0 Å². The number of oxazole rings is 1. The molecule has 0 spiro atoms. The summed E-state index contributed by atoms with van der Waals surface area (Å²) in [5, 5.41) is 0.623. The van der Waals surface area contributed by atoms with Crippen molar-refractivity contribution >= 4 is 11.6 Å². The number of halogens is 2. The van der Waals surface area contributed by atoms with E-state index in [1.807, 2.05) is 12.1 Å². The lowest BCUT2D eigenvalue weighted by Crippen LogP contribution is -1.81. The zero-order valence-corrected chi connectivity index (χ0v) is 8.67. The number of hydrogen-bond donors (Lipinski definition) is 0. The van der Waals surface area contributed by atoms with Gasteiger partial charge in [0.25, 0.3) is 0 Å². The molecule has 0 radical (unpaired) electrons. The first kappa shape index (κ1) is 10.2. The van der Waals surface area contributed by atoms with Gasteiger partial charge in [0.1, 0.15) is 5.76 Å². The third-order valence-corrected chi connectivity index (χ3v) is 2.20. The van der Waals surface area contributed by atoms with Gasteiger partial charge in [0.2, 0.25) is 5.89 Å². The molecule has 15 heavy (non-hydrogen) atoms. The minimum absolute atomic E-state index is 0.258. The van der Waals surface area contributed by atoms with Crippen molar-refractivity contribution in [3.63, 3.8) is 0 Å². The topological polar surface area (TPSA) is 26.0 Å². The highest BCUT2D eigenvalue weighted by molar-refractivity contribution is 6.30. The van der Waals surface area contributed by atoms with E-state index in [1.54, 1.807) is 12.1 Å². The van der Waals surface area contributed by atoms with Gasteiger partial charge in [-0.15, -0.1) is 0 Å². The summed E-state index contributed by atoms with van der Waals surface area (Å²) in [6.07, 6.45) is 1.80. The fourth-order valence-corrected chi connectivity index (χ4v) is 1.46. The van der Waals surface area contributed by atoms with Gasteiger partial charge in [-0.05, 0) is 18.2 Å². The van der Waals surface area contributed by atoms with Crippen LogP contribution in [0.5, 0.6) is 0 Å². The smallest absolute Gasteiger partial charge is 0.226 e. The fourth-order valence-electron chi connectivity index (χ4n) is 1.27. The number of nitrogens with zero attached hydrogens (tertiary/aromatic N) is 1. The van der Waals surface area contributed by atoms with E-state index in [9.17, 15) is 4.39 Å². The summed E-state index contributed by atoms with van der Waals surface area (Å²) < 4.78 is 17.4. The predicted octanol–water partition coefficient (Wildman–Crippen LogP) is 3.51. The molecule has 0 N–H and O–H groups in total. The minimum Gasteiger partial charge on any atom is -0.441 e. The maximum absolute atomic E-state index is 12.0. The van der Waals surface area contributed by atoms with Gasteiger partial charge in [0.15, 0.2) is 0 Å². The molecule has 1 aromatic carbocycles. The van der Waals surface area contributed by atoms with Crippen LogP contribution in [-0.2, 0) is 6.42 Å². The van der Waals surface area contributed by atoms with Crippen LogP contribution in [0.1, 0.15) is 5.76 Å². The summed E-state index contributed by atoms with van der Waals surface area (Å²) in [7, 11) is 0. The van der Waals surface area contributed by atoms with Gasteiger partial charge < -0.3 is 4.42 Å². The third-order valence-electron chi connectivity index (χ3n) is 1.97. The Balaban J connectivity index is 2.29. The van der Waals surface area contributed by atoms with Gasteiger partial charge >= 0.3 is 0 Å². The zero-order chi connectivity index (χ0) is 10.7. The number of benzene rings is 1. The Kier molecular flexibility index (Phi) is 3.02. The molecule has 0 saturated carbocycles. The first-order valence-electron chi connectivity index (χ1n) is 4.56. The van der Waals surface area contributed by atoms with E-state index in [-0.39, 0.29) is 6.42 Å². The molecular weight excluding hydrogens is 217 g/mol. The van der Waals surface area contributed by atoms with E-state index in [0.29, 0.717) is 16.7 Å². The highest BCUT2D eigenvalue weighted by Crippen LogP contribution is 2.22. The first-order chi connectivity index (χ1) is 7.29. The standard InChI is InChI=1S/C11H9ClFNO/c12-9-3-1-2-8(6-9)11-14-7-10(15-11)4-5-13/h1-3,6-7H,4-5H2. The van der Waals surface area contributed by atoms with E-state index >= 15 is 0 Å². The van der Waals surface area contributed by atoms with Crippen LogP contribution in [0, 0.1) is 0 Å². The number of aryl methyl sites for hydroxylation is 1. The number of hydrogen-bond acceptors (Lipinski definition) is 2.